The average Bonchev–Trinajstić information content (AvgIpc) is 2.75. The van der Waals surface area contributed by atoms with E-state index in [4.69, 9.17) is 4.98 Å². The Bertz CT molecular complexity index is 824. The Morgan fingerprint density at radius 1 is 0.966 bits per heavy atom. The van der Waals surface area contributed by atoms with Gasteiger partial charge in [-0.3, -0.25) is 4.79 Å². The van der Waals surface area contributed by atoms with E-state index in [0.717, 1.165) is 62.6 Å². The van der Waals surface area contributed by atoms with Gasteiger partial charge in [0.05, 0.1) is 0 Å². The van der Waals surface area contributed by atoms with E-state index in [0.29, 0.717) is 0 Å². The minimum Gasteiger partial charge on any atom is -0.356 e. The summed E-state index contributed by atoms with van der Waals surface area (Å²) in [6.45, 7) is 8.85. The molecule has 2 aliphatic heterocycles. The highest BCUT2D eigenvalue weighted by Gasteiger charge is 2.24. The Kier molecular flexibility index (Phi) is 5.97. The first-order valence-corrected chi connectivity index (χ1v) is 10.7. The first-order valence-electron chi connectivity index (χ1n) is 10.7. The number of nitrogens with zero attached hydrogens (tertiary/aromatic N) is 5. The van der Waals surface area contributed by atoms with Crippen molar-refractivity contribution in [1.82, 2.24) is 14.9 Å². The van der Waals surface area contributed by atoms with Crippen LogP contribution in [0.4, 0.5) is 11.8 Å². The zero-order valence-electron chi connectivity index (χ0n) is 17.5. The molecule has 0 spiro atoms. The number of rotatable bonds is 4. The molecule has 6 heteroatoms. The lowest BCUT2D eigenvalue weighted by Crippen LogP contribution is -2.48. The van der Waals surface area contributed by atoms with E-state index in [-0.39, 0.29) is 5.91 Å². The third-order valence-corrected chi connectivity index (χ3v) is 6.14. The van der Waals surface area contributed by atoms with Crippen LogP contribution >= 0.6 is 0 Å². The molecule has 0 radical (unpaired) electrons. The van der Waals surface area contributed by atoms with Crippen molar-refractivity contribution in [2.75, 3.05) is 49.1 Å². The molecule has 29 heavy (non-hydrogen) atoms. The van der Waals surface area contributed by atoms with Crippen LogP contribution in [-0.2, 0) is 11.2 Å². The van der Waals surface area contributed by atoms with E-state index in [1.807, 2.05) is 11.8 Å². The van der Waals surface area contributed by atoms with Crippen LogP contribution in [0.25, 0.3) is 0 Å². The fraction of sp³-hybridized carbons (Fsp3) is 0.522. The molecule has 0 bridgehead atoms. The van der Waals surface area contributed by atoms with Crippen molar-refractivity contribution < 1.29 is 4.79 Å². The second kappa shape index (κ2) is 8.80. The fourth-order valence-corrected chi connectivity index (χ4v) is 4.37. The standard InChI is InChI=1S/C23H31N5O/c1-18-16-22(25-23(24-18)28-14-12-26(13-15-28)19(2)29)27-10-8-21(9-11-27)17-20-6-4-3-5-7-20/h3-7,16,21H,8-15,17H2,1-2H3. The van der Waals surface area contributed by atoms with Gasteiger partial charge in [-0.15, -0.1) is 0 Å². The predicted octanol–water partition coefficient (Wildman–Crippen LogP) is 2.91. The van der Waals surface area contributed by atoms with Crippen LogP contribution in [0.2, 0.25) is 0 Å². The van der Waals surface area contributed by atoms with Crippen LogP contribution in [0, 0.1) is 12.8 Å². The highest BCUT2D eigenvalue weighted by atomic mass is 16.2. The monoisotopic (exact) mass is 393 g/mol. The Balaban J connectivity index is 1.38. The Labute approximate surface area is 173 Å². The van der Waals surface area contributed by atoms with Crippen LogP contribution < -0.4 is 9.80 Å². The zero-order valence-corrected chi connectivity index (χ0v) is 17.5. The van der Waals surface area contributed by atoms with Gasteiger partial charge < -0.3 is 14.7 Å². The number of hydrogen-bond acceptors (Lipinski definition) is 5. The van der Waals surface area contributed by atoms with Crippen LogP contribution in [0.1, 0.15) is 31.0 Å². The summed E-state index contributed by atoms with van der Waals surface area (Å²) in [7, 11) is 0. The van der Waals surface area contributed by atoms with Crippen molar-refractivity contribution >= 4 is 17.7 Å². The molecule has 154 valence electrons. The number of amides is 1. The molecule has 1 aromatic carbocycles. The largest absolute Gasteiger partial charge is 0.356 e. The number of piperazine rings is 1. The van der Waals surface area contributed by atoms with Gasteiger partial charge in [-0.05, 0) is 37.7 Å². The summed E-state index contributed by atoms with van der Waals surface area (Å²) in [5.41, 5.74) is 2.45. The van der Waals surface area contributed by atoms with Crippen molar-refractivity contribution in [3.05, 3.63) is 47.7 Å². The zero-order chi connectivity index (χ0) is 20.2. The van der Waals surface area contributed by atoms with E-state index in [9.17, 15) is 4.79 Å². The van der Waals surface area contributed by atoms with Crippen molar-refractivity contribution in [1.29, 1.82) is 0 Å². The molecule has 2 fully saturated rings. The number of aromatic nitrogens is 2. The second-order valence-corrected chi connectivity index (χ2v) is 8.28. The molecule has 2 aromatic rings. The molecule has 0 saturated carbocycles. The SMILES string of the molecule is CC(=O)N1CCN(c2nc(C)cc(N3CCC(Cc4ccccc4)CC3)n2)CC1. The maximum absolute atomic E-state index is 11.6. The summed E-state index contributed by atoms with van der Waals surface area (Å²) in [6, 6.07) is 12.9. The van der Waals surface area contributed by atoms with Crippen molar-refractivity contribution in [3.63, 3.8) is 0 Å². The van der Waals surface area contributed by atoms with Gasteiger partial charge in [0.1, 0.15) is 5.82 Å². The number of piperidine rings is 1. The summed E-state index contributed by atoms with van der Waals surface area (Å²) in [5, 5.41) is 0. The topological polar surface area (TPSA) is 52.6 Å². The second-order valence-electron chi connectivity index (χ2n) is 8.28. The molecular weight excluding hydrogens is 362 g/mol. The van der Waals surface area contributed by atoms with Gasteiger partial charge in [0, 0.05) is 58.0 Å². The van der Waals surface area contributed by atoms with Gasteiger partial charge in [0.15, 0.2) is 0 Å². The highest BCUT2D eigenvalue weighted by Crippen LogP contribution is 2.26. The lowest BCUT2D eigenvalue weighted by molar-refractivity contribution is -0.129. The van der Waals surface area contributed by atoms with Gasteiger partial charge in [0.2, 0.25) is 11.9 Å². The number of anilines is 2. The Morgan fingerprint density at radius 3 is 2.31 bits per heavy atom. The molecule has 0 atom stereocenters. The van der Waals surface area contributed by atoms with Gasteiger partial charge in [-0.2, -0.15) is 4.98 Å². The molecule has 0 unspecified atom stereocenters. The van der Waals surface area contributed by atoms with Crippen LogP contribution in [-0.4, -0.2) is 60.0 Å². The molecule has 0 aliphatic carbocycles. The van der Waals surface area contributed by atoms with Crippen molar-refractivity contribution in [3.8, 4) is 0 Å². The minimum absolute atomic E-state index is 0.147. The third-order valence-electron chi connectivity index (χ3n) is 6.14. The molecule has 6 nitrogen and oxygen atoms in total. The van der Waals surface area contributed by atoms with Crippen molar-refractivity contribution in [2.45, 2.75) is 33.1 Å². The summed E-state index contributed by atoms with van der Waals surface area (Å²) in [4.78, 5) is 27.7. The molecule has 0 N–H and O–H groups in total. The number of carbonyl (C=O) groups excluding carboxylic acids is 1. The number of aryl methyl sites for hydroxylation is 1. The van der Waals surface area contributed by atoms with Gasteiger partial charge in [-0.1, -0.05) is 30.3 Å². The van der Waals surface area contributed by atoms with Gasteiger partial charge in [-0.25, -0.2) is 4.98 Å². The number of hydrogen-bond donors (Lipinski definition) is 0. The number of carbonyl (C=O) groups is 1. The van der Waals surface area contributed by atoms with E-state index >= 15 is 0 Å². The number of benzene rings is 1. The lowest BCUT2D eigenvalue weighted by Gasteiger charge is -2.36. The highest BCUT2D eigenvalue weighted by molar-refractivity contribution is 5.73. The summed E-state index contributed by atoms with van der Waals surface area (Å²) >= 11 is 0. The predicted molar refractivity (Wildman–Crippen MR) is 116 cm³/mol. The summed E-state index contributed by atoms with van der Waals surface area (Å²) in [6.07, 6.45) is 3.57. The van der Waals surface area contributed by atoms with E-state index in [1.165, 1.54) is 24.8 Å². The molecule has 3 heterocycles. The summed E-state index contributed by atoms with van der Waals surface area (Å²) in [5.74, 6) is 2.74. The smallest absolute Gasteiger partial charge is 0.227 e. The quantitative estimate of drug-likeness (QED) is 0.799. The first kappa shape index (κ1) is 19.7. The molecular formula is C23H31N5O. The maximum Gasteiger partial charge on any atom is 0.227 e. The average molecular weight is 394 g/mol. The fourth-order valence-electron chi connectivity index (χ4n) is 4.37. The van der Waals surface area contributed by atoms with Crippen LogP contribution in [0.3, 0.4) is 0 Å². The minimum atomic E-state index is 0.147. The van der Waals surface area contributed by atoms with Crippen LogP contribution in [0.15, 0.2) is 36.4 Å². The third kappa shape index (κ3) is 4.86. The molecule has 2 aliphatic rings. The first-order chi connectivity index (χ1) is 14.1. The molecule has 2 saturated heterocycles. The molecule has 4 rings (SSSR count). The molecule has 1 aromatic heterocycles. The Morgan fingerprint density at radius 2 is 1.66 bits per heavy atom. The summed E-state index contributed by atoms with van der Waals surface area (Å²) < 4.78 is 0. The maximum atomic E-state index is 11.6. The normalized spacial score (nSPS) is 18.2. The van der Waals surface area contributed by atoms with E-state index in [2.05, 4.69) is 51.2 Å². The van der Waals surface area contributed by atoms with E-state index < -0.39 is 0 Å². The Hall–Kier alpha value is -2.63. The lowest BCUT2D eigenvalue weighted by atomic mass is 9.90. The molecule has 1 amide bonds. The van der Waals surface area contributed by atoms with Crippen molar-refractivity contribution in [2.24, 2.45) is 5.92 Å². The van der Waals surface area contributed by atoms with Crippen LogP contribution in [0.5, 0.6) is 0 Å². The van der Waals surface area contributed by atoms with E-state index in [1.54, 1.807) is 6.92 Å². The van der Waals surface area contributed by atoms with Gasteiger partial charge >= 0.3 is 0 Å². The van der Waals surface area contributed by atoms with Gasteiger partial charge in [0.25, 0.3) is 0 Å².